The quantitative estimate of drug-likeness (QED) is 0.696. The molecular formula is C11H16O2. The second kappa shape index (κ2) is 5.73. The zero-order valence-electron chi connectivity index (χ0n) is 7.99. The molecule has 0 unspecified atom stereocenters. The maximum Gasteiger partial charge on any atom is 0.0697 e. The van der Waals surface area contributed by atoms with Crippen LogP contribution in [0.5, 0.6) is 0 Å². The van der Waals surface area contributed by atoms with E-state index in [0.29, 0.717) is 13.2 Å². The smallest absolute Gasteiger partial charge is 0.0697 e. The van der Waals surface area contributed by atoms with Gasteiger partial charge in [0.25, 0.3) is 0 Å². The third-order valence-corrected chi connectivity index (χ3v) is 2.01. The number of aliphatic hydroxyl groups excluding tert-OH is 1. The molecule has 0 amide bonds. The van der Waals surface area contributed by atoms with Crippen molar-refractivity contribution in [3.05, 3.63) is 35.4 Å². The van der Waals surface area contributed by atoms with Gasteiger partial charge in [0.1, 0.15) is 0 Å². The van der Waals surface area contributed by atoms with E-state index in [4.69, 9.17) is 9.84 Å². The molecule has 13 heavy (non-hydrogen) atoms. The van der Waals surface area contributed by atoms with Crippen LogP contribution in [0, 0.1) is 6.92 Å². The van der Waals surface area contributed by atoms with E-state index in [0.717, 1.165) is 6.42 Å². The summed E-state index contributed by atoms with van der Waals surface area (Å²) in [5.41, 5.74) is 2.62. The van der Waals surface area contributed by atoms with Crippen molar-refractivity contribution in [2.45, 2.75) is 13.3 Å². The fourth-order valence-electron chi connectivity index (χ4n) is 1.24. The molecule has 0 aliphatic heterocycles. The molecule has 1 rings (SSSR count). The molecule has 0 saturated heterocycles. The molecule has 0 saturated carbocycles. The molecule has 1 aromatic carbocycles. The molecule has 1 N–H and O–H groups in total. The van der Waals surface area contributed by atoms with Gasteiger partial charge in [-0.3, -0.25) is 0 Å². The van der Waals surface area contributed by atoms with Gasteiger partial charge < -0.3 is 9.84 Å². The van der Waals surface area contributed by atoms with Crippen LogP contribution in [0.15, 0.2) is 24.3 Å². The maximum absolute atomic E-state index is 8.49. The van der Waals surface area contributed by atoms with Gasteiger partial charge in [-0.1, -0.05) is 24.3 Å². The van der Waals surface area contributed by atoms with Crippen molar-refractivity contribution >= 4 is 0 Å². The SMILES string of the molecule is Cc1ccccc1CCOCCO. The monoisotopic (exact) mass is 180 g/mol. The van der Waals surface area contributed by atoms with Crippen LogP contribution in [0.4, 0.5) is 0 Å². The van der Waals surface area contributed by atoms with E-state index in [1.807, 2.05) is 12.1 Å². The van der Waals surface area contributed by atoms with Crippen LogP contribution in [0.25, 0.3) is 0 Å². The number of aliphatic hydroxyl groups is 1. The predicted octanol–water partition coefficient (Wildman–Crippen LogP) is 1.55. The maximum atomic E-state index is 8.49. The first kappa shape index (κ1) is 10.2. The molecule has 2 nitrogen and oxygen atoms in total. The van der Waals surface area contributed by atoms with Gasteiger partial charge in [-0.2, -0.15) is 0 Å². The van der Waals surface area contributed by atoms with Gasteiger partial charge in [-0.05, 0) is 24.5 Å². The van der Waals surface area contributed by atoms with E-state index in [1.54, 1.807) is 0 Å². The summed E-state index contributed by atoms with van der Waals surface area (Å²) in [4.78, 5) is 0. The van der Waals surface area contributed by atoms with Crippen molar-refractivity contribution in [1.29, 1.82) is 0 Å². The molecule has 0 atom stereocenters. The molecule has 72 valence electrons. The third kappa shape index (κ3) is 3.57. The van der Waals surface area contributed by atoms with Crippen LogP contribution in [-0.2, 0) is 11.2 Å². The molecule has 0 spiro atoms. The fourth-order valence-corrected chi connectivity index (χ4v) is 1.24. The van der Waals surface area contributed by atoms with Gasteiger partial charge >= 0.3 is 0 Å². The molecular weight excluding hydrogens is 164 g/mol. The van der Waals surface area contributed by atoms with Crippen molar-refractivity contribution in [3.63, 3.8) is 0 Å². The van der Waals surface area contributed by atoms with Crippen molar-refractivity contribution in [1.82, 2.24) is 0 Å². The highest BCUT2D eigenvalue weighted by atomic mass is 16.5. The standard InChI is InChI=1S/C11H16O2/c1-10-4-2-3-5-11(10)6-8-13-9-7-12/h2-5,12H,6-9H2,1H3. The van der Waals surface area contributed by atoms with Crippen LogP contribution in [0.2, 0.25) is 0 Å². The van der Waals surface area contributed by atoms with Crippen LogP contribution >= 0.6 is 0 Å². The molecule has 0 radical (unpaired) electrons. The summed E-state index contributed by atoms with van der Waals surface area (Å²) in [5.74, 6) is 0. The summed E-state index contributed by atoms with van der Waals surface area (Å²) in [6.45, 7) is 3.33. The summed E-state index contributed by atoms with van der Waals surface area (Å²) >= 11 is 0. The number of rotatable bonds is 5. The lowest BCUT2D eigenvalue weighted by Crippen LogP contribution is -2.03. The lowest BCUT2D eigenvalue weighted by atomic mass is 10.1. The second-order valence-electron chi connectivity index (χ2n) is 3.01. The Labute approximate surface area is 79.2 Å². The lowest BCUT2D eigenvalue weighted by molar-refractivity contribution is 0.0944. The van der Waals surface area contributed by atoms with Gasteiger partial charge in [0.2, 0.25) is 0 Å². The van der Waals surface area contributed by atoms with Crippen LogP contribution < -0.4 is 0 Å². The summed E-state index contributed by atoms with van der Waals surface area (Å²) in [7, 11) is 0. The summed E-state index contributed by atoms with van der Waals surface area (Å²) in [6, 6.07) is 8.28. The zero-order chi connectivity index (χ0) is 9.52. The van der Waals surface area contributed by atoms with E-state index >= 15 is 0 Å². The first-order valence-electron chi connectivity index (χ1n) is 4.57. The summed E-state index contributed by atoms with van der Waals surface area (Å²) < 4.78 is 5.19. The highest BCUT2D eigenvalue weighted by Crippen LogP contribution is 2.07. The van der Waals surface area contributed by atoms with E-state index in [-0.39, 0.29) is 6.61 Å². The van der Waals surface area contributed by atoms with Gasteiger partial charge in [0, 0.05) is 0 Å². The third-order valence-electron chi connectivity index (χ3n) is 2.01. The Bertz CT molecular complexity index is 246. The number of benzene rings is 1. The highest BCUT2D eigenvalue weighted by Gasteiger charge is 1.95. The average molecular weight is 180 g/mol. The average Bonchev–Trinajstić information content (AvgIpc) is 2.15. The van der Waals surface area contributed by atoms with Crippen molar-refractivity contribution < 1.29 is 9.84 Å². The molecule has 2 heteroatoms. The Morgan fingerprint density at radius 2 is 2.00 bits per heavy atom. The van der Waals surface area contributed by atoms with E-state index in [1.165, 1.54) is 11.1 Å². The molecule has 0 heterocycles. The van der Waals surface area contributed by atoms with Crippen LogP contribution in [-0.4, -0.2) is 24.9 Å². The molecule has 0 aromatic heterocycles. The fraction of sp³-hybridized carbons (Fsp3) is 0.455. The predicted molar refractivity (Wildman–Crippen MR) is 52.8 cm³/mol. The molecule has 0 aliphatic rings. The van der Waals surface area contributed by atoms with Gasteiger partial charge in [0.05, 0.1) is 19.8 Å². The van der Waals surface area contributed by atoms with Crippen molar-refractivity contribution in [3.8, 4) is 0 Å². The molecule has 0 fully saturated rings. The minimum Gasteiger partial charge on any atom is -0.394 e. The minimum absolute atomic E-state index is 0.105. The van der Waals surface area contributed by atoms with E-state index in [2.05, 4.69) is 19.1 Å². The second-order valence-corrected chi connectivity index (χ2v) is 3.01. The minimum atomic E-state index is 0.105. The van der Waals surface area contributed by atoms with Crippen molar-refractivity contribution in [2.75, 3.05) is 19.8 Å². The van der Waals surface area contributed by atoms with E-state index in [9.17, 15) is 0 Å². The number of ether oxygens (including phenoxy) is 1. The number of aryl methyl sites for hydroxylation is 1. The molecule has 0 bridgehead atoms. The van der Waals surface area contributed by atoms with E-state index < -0.39 is 0 Å². The lowest BCUT2D eigenvalue weighted by Gasteiger charge is -2.05. The Morgan fingerprint density at radius 1 is 1.23 bits per heavy atom. The highest BCUT2D eigenvalue weighted by molar-refractivity contribution is 5.25. The largest absolute Gasteiger partial charge is 0.394 e. The summed E-state index contributed by atoms with van der Waals surface area (Å²) in [5, 5.41) is 8.49. The Hall–Kier alpha value is -0.860. The zero-order valence-corrected chi connectivity index (χ0v) is 7.99. The number of hydrogen-bond acceptors (Lipinski definition) is 2. The first-order chi connectivity index (χ1) is 6.34. The Kier molecular flexibility index (Phi) is 4.50. The summed E-state index contributed by atoms with van der Waals surface area (Å²) in [6.07, 6.45) is 0.923. The van der Waals surface area contributed by atoms with Gasteiger partial charge in [-0.15, -0.1) is 0 Å². The van der Waals surface area contributed by atoms with Gasteiger partial charge in [0.15, 0.2) is 0 Å². The molecule has 1 aromatic rings. The topological polar surface area (TPSA) is 29.5 Å². The van der Waals surface area contributed by atoms with Gasteiger partial charge in [-0.25, -0.2) is 0 Å². The van der Waals surface area contributed by atoms with Crippen molar-refractivity contribution in [2.24, 2.45) is 0 Å². The number of hydrogen-bond donors (Lipinski definition) is 1. The molecule has 0 aliphatic carbocycles. The first-order valence-corrected chi connectivity index (χ1v) is 4.57. The Balaban J connectivity index is 2.32. The normalized spacial score (nSPS) is 10.3. The van der Waals surface area contributed by atoms with Crippen LogP contribution in [0.3, 0.4) is 0 Å². The Morgan fingerprint density at radius 3 is 2.69 bits per heavy atom. The van der Waals surface area contributed by atoms with Crippen LogP contribution in [0.1, 0.15) is 11.1 Å².